The molecule has 0 saturated carbocycles. The first-order valence-electron chi connectivity index (χ1n) is 9.98. The maximum absolute atomic E-state index is 5.44. The standard InChI is InChI=1S/C22H24N4O2S/c1-2-25-9-11-26(12-10-25)18-6-3-16(4-7-18)19-14-29-22(24-19)23-17-5-8-20-21(13-17)28-15-27-20/h3-8,13-14H,2,9-12,15H2,1H3,(H,23,24). The molecule has 3 aromatic rings. The fourth-order valence-electron chi connectivity index (χ4n) is 3.73. The maximum Gasteiger partial charge on any atom is 0.231 e. The summed E-state index contributed by atoms with van der Waals surface area (Å²) in [6.07, 6.45) is 0. The summed E-state index contributed by atoms with van der Waals surface area (Å²) in [7, 11) is 0. The number of ether oxygens (including phenoxy) is 2. The molecule has 2 aromatic carbocycles. The number of piperazine rings is 1. The lowest BCUT2D eigenvalue weighted by molar-refractivity contribution is 0.174. The predicted octanol–water partition coefficient (Wildman–Crippen LogP) is 4.42. The van der Waals surface area contributed by atoms with E-state index in [2.05, 4.69) is 51.7 Å². The number of nitrogens with zero attached hydrogens (tertiary/aromatic N) is 3. The van der Waals surface area contributed by atoms with Gasteiger partial charge < -0.3 is 24.6 Å². The van der Waals surface area contributed by atoms with E-state index < -0.39 is 0 Å². The summed E-state index contributed by atoms with van der Waals surface area (Å²) in [5.41, 5.74) is 4.35. The van der Waals surface area contributed by atoms with Gasteiger partial charge in [0.25, 0.3) is 0 Å². The quantitative estimate of drug-likeness (QED) is 0.674. The molecule has 1 saturated heterocycles. The smallest absolute Gasteiger partial charge is 0.231 e. The molecule has 6 nitrogen and oxygen atoms in total. The molecule has 150 valence electrons. The van der Waals surface area contributed by atoms with E-state index in [-0.39, 0.29) is 6.79 Å². The Labute approximate surface area is 174 Å². The Morgan fingerprint density at radius 1 is 1.00 bits per heavy atom. The van der Waals surface area contributed by atoms with E-state index in [1.807, 2.05) is 18.2 Å². The first kappa shape index (κ1) is 18.3. The highest BCUT2D eigenvalue weighted by Crippen LogP contribution is 2.36. The van der Waals surface area contributed by atoms with Gasteiger partial charge in [-0.15, -0.1) is 11.3 Å². The van der Waals surface area contributed by atoms with Crippen molar-refractivity contribution in [1.82, 2.24) is 9.88 Å². The van der Waals surface area contributed by atoms with Crippen LogP contribution in [0.3, 0.4) is 0 Å². The zero-order chi connectivity index (χ0) is 19.6. The fourth-order valence-corrected chi connectivity index (χ4v) is 4.47. The fraction of sp³-hybridized carbons (Fsp3) is 0.318. The van der Waals surface area contributed by atoms with Crippen molar-refractivity contribution in [3.8, 4) is 22.8 Å². The van der Waals surface area contributed by atoms with Crippen molar-refractivity contribution < 1.29 is 9.47 Å². The second-order valence-electron chi connectivity index (χ2n) is 7.20. The first-order chi connectivity index (χ1) is 14.3. The summed E-state index contributed by atoms with van der Waals surface area (Å²) in [5.74, 6) is 1.55. The number of thiazole rings is 1. The minimum absolute atomic E-state index is 0.282. The number of hydrogen-bond donors (Lipinski definition) is 1. The molecule has 0 spiro atoms. The Balaban J connectivity index is 1.25. The Hall–Kier alpha value is -2.77. The van der Waals surface area contributed by atoms with Crippen molar-refractivity contribution >= 4 is 27.8 Å². The van der Waals surface area contributed by atoms with Gasteiger partial charge >= 0.3 is 0 Å². The van der Waals surface area contributed by atoms with Crippen molar-refractivity contribution in [1.29, 1.82) is 0 Å². The van der Waals surface area contributed by atoms with E-state index in [4.69, 9.17) is 14.5 Å². The highest BCUT2D eigenvalue weighted by molar-refractivity contribution is 7.14. The van der Waals surface area contributed by atoms with Gasteiger partial charge in [0.2, 0.25) is 6.79 Å². The van der Waals surface area contributed by atoms with Crippen LogP contribution in [0.1, 0.15) is 6.92 Å². The molecule has 2 aliphatic rings. The predicted molar refractivity (Wildman–Crippen MR) is 118 cm³/mol. The molecule has 7 heteroatoms. The van der Waals surface area contributed by atoms with Crippen LogP contribution >= 0.6 is 11.3 Å². The maximum atomic E-state index is 5.44. The number of benzene rings is 2. The van der Waals surface area contributed by atoms with Crippen molar-refractivity contribution in [2.24, 2.45) is 0 Å². The summed E-state index contributed by atoms with van der Waals surface area (Å²) >= 11 is 1.60. The lowest BCUT2D eigenvalue weighted by atomic mass is 10.1. The normalized spacial score (nSPS) is 16.2. The highest BCUT2D eigenvalue weighted by atomic mass is 32.1. The van der Waals surface area contributed by atoms with Crippen LogP contribution in [0.2, 0.25) is 0 Å². The molecule has 0 unspecified atom stereocenters. The molecule has 2 aliphatic heterocycles. The number of nitrogens with one attached hydrogen (secondary N) is 1. The van der Waals surface area contributed by atoms with Crippen molar-refractivity contribution in [3.63, 3.8) is 0 Å². The average molecular weight is 409 g/mol. The van der Waals surface area contributed by atoms with Gasteiger partial charge in [-0.1, -0.05) is 19.1 Å². The van der Waals surface area contributed by atoms with E-state index >= 15 is 0 Å². The van der Waals surface area contributed by atoms with Gasteiger partial charge in [-0.3, -0.25) is 0 Å². The van der Waals surface area contributed by atoms with Crippen LogP contribution < -0.4 is 19.7 Å². The number of fused-ring (bicyclic) bond motifs is 1. The minimum atomic E-state index is 0.282. The van der Waals surface area contributed by atoms with Crippen LogP contribution in [0.25, 0.3) is 11.3 Å². The summed E-state index contributed by atoms with van der Waals surface area (Å²) in [5, 5.41) is 6.30. The lowest BCUT2D eigenvalue weighted by Gasteiger charge is -2.35. The number of anilines is 3. The number of rotatable bonds is 5. The van der Waals surface area contributed by atoms with Crippen LogP contribution in [-0.2, 0) is 0 Å². The molecule has 1 aromatic heterocycles. The second kappa shape index (κ2) is 7.93. The summed E-state index contributed by atoms with van der Waals surface area (Å²) < 4.78 is 10.8. The molecule has 0 amide bonds. The number of aromatic nitrogens is 1. The van der Waals surface area contributed by atoms with E-state index in [1.54, 1.807) is 11.3 Å². The number of likely N-dealkylation sites (N-methyl/N-ethyl adjacent to an activating group) is 1. The molecular formula is C22H24N4O2S. The molecule has 29 heavy (non-hydrogen) atoms. The third kappa shape index (κ3) is 3.88. The molecule has 1 fully saturated rings. The van der Waals surface area contributed by atoms with Gasteiger partial charge in [-0.2, -0.15) is 0 Å². The third-order valence-corrected chi connectivity index (χ3v) is 6.23. The van der Waals surface area contributed by atoms with Gasteiger partial charge in [0, 0.05) is 54.6 Å². The van der Waals surface area contributed by atoms with Crippen molar-refractivity contribution in [3.05, 3.63) is 47.8 Å². The van der Waals surface area contributed by atoms with Gasteiger partial charge in [0.05, 0.1) is 5.69 Å². The first-order valence-corrected chi connectivity index (χ1v) is 10.9. The van der Waals surface area contributed by atoms with E-state index in [0.717, 1.165) is 66.3 Å². The van der Waals surface area contributed by atoms with Crippen LogP contribution in [0.15, 0.2) is 47.8 Å². The second-order valence-corrected chi connectivity index (χ2v) is 8.06. The molecule has 0 aliphatic carbocycles. The summed E-state index contributed by atoms with van der Waals surface area (Å²) in [4.78, 5) is 9.70. The Morgan fingerprint density at radius 2 is 1.79 bits per heavy atom. The molecule has 0 bridgehead atoms. The average Bonchev–Trinajstić information content (AvgIpc) is 3.43. The van der Waals surface area contributed by atoms with Crippen LogP contribution in [0.5, 0.6) is 11.5 Å². The topological polar surface area (TPSA) is 49.9 Å². The highest BCUT2D eigenvalue weighted by Gasteiger charge is 2.16. The summed E-state index contributed by atoms with van der Waals surface area (Å²) in [6.45, 7) is 8.11. The minimum Gasteiger partial charge on any atom is -0.454 e. The molecule has 0 atom stereocenters. The van der Waals surface area contributed by atoms with Crippen LogP contribution in [0.4, 0.5) is 16.5 Å². The molecule has 3 heterocycles. The third-order valence-electron chi connectivity index (χ3n) is 5.48. The SMILES string of the molecule is CCN1CCN(c2ccc(-c3csc(Nc4ccc5c(c4)OCO5)n3)cc2)CC1. The Kier molecular flexibility index (Phi) is 4.99. The van der Waals surface area contributed by atoms with E-state index in [1.165, 1.54) is 5.69 Å². The largest absolute Gasteiger partial charge is 0.454 e. The molecular weight excluding hydrogens is 384 g/mol. The van der Waals surface area contributed by atoms with Crippen molar-refractivity contribution in [2.75, 3.05) is 49.7 Å². The Bertz CT molecular complexity index is 981. The van der Waals surface area contributed by atoms with Gasteiger partial charge in [0.1, 0.15) is 0 Å². The van der Waals surface area contributed by atoms with Gasteiger partial charge in [-0.05, 0) is 30.8 Å². The number of hydrogen-bond acceptors (Lipinski definition) is 7. The van der Waals surface area contributed by atoms with Crippen LogP contribution in [-0.4, -0.2) is 49.4 Å². The lowest BCUT2D eigenvalue weighted by Crippen LogP contribution is -2.46. The zero-order valence-electron chi connectivity index (χ0n) is 16.4. The monoisotopic (exact) mass is 408 g/mol. The van der Waals surface area contributed by atoms with E-state index in [9.17, 15) is 0 Å². The molecule has 1 N–H and O–H groups in total. The van der Waals surface area contributed by atoms with Crippen molar-refractivity contribution in [2.45, 2.75) is 6.92 Å². The Morgan fingerprint density at radius 3 is 2.59 bits per heavy atom. The van der Waals surface area contributed by atoms with Gasteiger partial charge in [-0.25, -0.2) is 4.98 Å². The zero-order valence-corrected chi connectivity index (χ0v) is 17.2. The molecule has 0 radical (unpaired) electrons. The summed E-state index contributed by atoms with van der Waals surface area (Å²) in [6, 6.07) is 14.6. The molecule has 5 rings (SSSR count). The van der Waals surface area contributed by atoms with Gasteiger partial charge in [0.15, 0.2) is 16.6 Å². The van der Waals surface area contributed by atoms with E-state index in [0.29, 0.717) is 0 Å². The van der Waals surface area contributed by atoms with Crippen LogP contribution in [0, 0.1) is 0 Å².